The highest BCUT2D eigenvalue weighted by molar-refractivity contribution is 5.72. The summed E-state index contributed by atoms with van der Waals surface area (Å²) in [4.78, 5) is 38.1. The summed E-state index contributed by atoms with van der Waals surface area (Å²) in [6.07, 6.45) is 77.5. The van der Waals surface area contributed by atoms with Crippen molar-refractivity contribution in [3.63, 3.8) is 0 Å². The van der Waals surface area contributed by atoms with Crippen molar-refractivity contribution in [2.45, 2.75) is 297 Å². The Balaban J connectivity index is 4.40. The molecule has 0 spiro atoms. The molecule has 6 nitrogen and oxygen atoms in total. The van der Waals surface area contributed by atoms with Crippen molar-refractivity contribution in [1.29, 1.82) is 0 Å². The Kier molecular flexibility index (Phi) is 56.3. The maximum atomic E-state index is 12.8. The highest BCUT2D eigenvalue weighted by atomic mass is 16.6. The maximum Gasteiger partial charge on any atom is 0.310 e. The lowest BCUT2D eigenvalue weighted by atomic mass is 10.0. The monoisotopic (exact) mass is 989 g/mol. The normalized spacial score (nSPS) is 12.7. The highest BCUT2D eigenvalue weighted by Gasteiger charge is 2.19. The molecule has 0 N–H and O–H groups in total. The first-order valence-corrected chi connectivity index (χ1v) is 30.1. The number of allylic oxidation sites excluding steroid dienone is 13. The fourth-order valence-electron chi connectivity index (χ4n) is 8.43. The van der Waals surface area contributed by atoms with Crippen LogP contribution in [0.25, 0.3) is 0 Å². The van der Waals surface area contributed by atoms with Crippen molar-refractivity contribution in [3.8, 4) is 0 Å². The van der Waals surface area contributed by atoms with Crippen molar-refractivity contribution in [2.75, 3.05) is 13.2 Å². The van der Waals surface area contributed by atoms with Gasteiger partial charge in [-0.2, -0.15) is 0 Å². The number of hydrogen-bond acceptors (Lipinski definition) is 6. The second-order valence-electron chi connectivity index (χ2n) is 19.9. The number of carbonyl (C=O) groups is 3. The van der Waals surface area contributed by atoms with E-state index in [1.54, 1.807) is 6.08 Å². The molecule has 0 radical (unpaired) electrons. The summed E-state index contributed by atoms with van der Waals surface area (Å²) in [7, 11) is 0. The lowest BCUT2D eigenvalue weighted by molar-refractivity contribution is -0.166. The molecule has 0 bridgehead atoms. The van der Waals surface area contributed by atoms with Crippen LogP contribution in [0.2, 0.25) is 0 Å². The van der Waals surface area contributed by atoms with Crippen LogP contribution in [0.3, 0.4) is 0 Å². The minimum absolute atomic E-state index is 0.0979. The number of rotatable bonds is 54. The third-order valence-corrected chi connectivity index (χ3v) is 12.9. The third-order valence-electron chi connectivity index (χ3n) is 12.9. The van der Waals surface area contributed by atoms with Gasteiger partial charge < -0.3 is 14.2 Å². The zero-order valence-electron chi connectivity index (χ0n) is 46.7. The molecule has 1 unspecified atom stereocenters. The molecule has 0 aromatic heterocycles. The molecular formula is C65H112O6. The van der Waals surface area contributed by atoms with Crippen LogP contribution in [0.15, 0.2) is 85.1 Å². The summed E-state index contributed by atoms with van der Waals surface area (Å²) in [6, 6.07) is 0. The Morgan fingerprint density at radius 2 is 0.592 bits per heavy atom. The van der Waals surface area contributed by atoms with Gasteiger partial charge in [0.25, 0.3) is 0 Å². The first kappa shape index (κ1) is 67.6. The fourth-order valence-corrected chi connectivity index (χ4v) is 8.43. The number of esters is 3. The van der Waals surface area contributed by atoms with E-state index in [-0.39, 0.29) is 31.6 Å². The van der Waals surface area contributed by atoms with Gasteiger partial charge in [-0.1, -0.05) is 279 Å². The van der Waals surface area contributed by atoms with E-state index < -0.39 is 12.1 Å². The average molecular weight is 990 g/mol. The molecule has 0 rings (SSSR count). The van der Waals surface area contributed by atoms with Crippen LogP contribution in [0.1, 0.15) is 290 Å². The van der Waals surface area contributed by atoms with Gasteiger partial charge in [0, 0.05) is 12.8 Å². The molecule has 71 heavy (non-hydrogen) atoms. The molecule has 0 aliphatic rings. The van der Waals surface area contributed by atoms with E-state index in [9.17, 15) is 14.4 Å². The van der Waals surface area contributed by atoms with E-state index in [2.05, 4.69) is 93.7 Å². The van der Waals surface area contributed by atoms with Crippen molar-refractivity contribution in [2.24, 2.45) is 0 Å². The van der Waals surface area contributed by atoms with E-state index in [0.717, 1.165) is 77.0 Å². The Morgan fingerprint density at radius 3 is 0.930 bits per heavy atom. The zero-order chi connectivity index (χ0) is 51.4. The molecule has 0 aliphatic carbocycles. The summed E-state index contributed by atoms with van der Waals surface area (Å²) in [5.41, 5.74) is 0. The summed E-state index contributed by atoms with van der Waals surface area (Å²) < 4.78 is 16.8. The van der Waals surface area contributed by atoms with Gasteiger partial charge in [0.05, 0.1) is 6.42 Å². The molecular weight excluding hydrogens is 877 g/mol. The van der Waals surface area contributed by atoms with Gasteiger partial charge in [-0.15, -0.1) is 0 Å². The third kappa shape index (κ3) is 57.4. The van der Waals surface area contributed by atoms with Gasteiger partial charge in [0.2, 0.25) is 0 Å². The van der Waals surface area contributed by atoms with Crippen LogP contribution in [-0.4, -0.2) is 37.2 Å². The van der Waals surface area contributed by atoms with E-state index in [0.29, 0.717) is 12.8 Å². The van der Waals surface area contributed by atoms with Gasteiger partial charge in [0.15, 0.2) is 6.10 Å². The molecule has 0 heterocycles. The van der Waals surface area contributed by atoms with Crippen LogP contribution < -0.4 is 0 Å². The van der Waals surface area contributed by atoms with Gasteiger partial charge in [-0.25, -0.2) is 0 Å². The molecule has 0 fully saturated rings. The lowest BCUT2D eigenvalue weighted by Crippen LogP contribution is -2.30. The molecule has 0 amide bonds. The van der Waals surface area contributed by atoms with Crippen molar-refractivity contribution < 1.29 is 28.6 Å². The summed E-state index contributed by atoms with van der Waals surface area (Å²) in [5, 5.41) is 0. The molecule has 0 saturated carbocycles. The quantitative estimate of drug-likeness (QED) is 0.0261. The average Bonchev–Trinajstić information content (AvgIpc) is 3.37. The van der Waals surface area contributed by atoms with E-state index in [4.69, 9.17) is 14.2 Å². The van der Waals surface area contributed by atoms with Gasteiger partial charge in [-0.3, -0.25) is 14.4 Å². The van der Waals surface area contributed by atoms with Gasteiger partial charge in [-0.05, 0) is 77.0 Å². The molecule has 1 atom stereocenters. The minimum Gasteiger partial charge on any atom is -0.462 e. The Hall–Kier alpha value is -3.41. The summed E-state index contributed by atoms with van der Waals surface area (Å²) in [6.45, 7) is 6.46. The molecule has 6 heteroatoms. The molecule has 408 valence electrons. The Bertz CT molecular complexity index is 1370. The van der Waals surface area contributed by atoms with Crippen LogP contribution in [0.4, 0.5) is 0 Å². The summed E-state index contributed by atoms with van der Waals surface area (Å²) in [5.74, 6) is -1.04. The van der Waals surface area contributed by atoms with Crippen LogP contribution in [0, 0.1) is 0 Å². The highest BCUT2D eigenvalue weighted by Crippen LogP contribution is 2.16. The minimum atomic E-state index is -0.831. The smallest absolute Gasteiger partial charge is 0.310 e. The van der Waals surface area contributed by atoms with Crippen LogP contribution in [0.5, 0.6) is 0 Å². The lowest BCUT2D eigenvalue weighted by Gasteiger charge is -2.18. The molecule has 0 aliphatic heterocycles. The Labute approximate surface area is 439 Å². The molecule has 0 saturated heterocycles. The number of unbranched alkanes of at least 4 members (excludes halogenated alkanes) is 30. The van der Waals surface area contributed by atoms with E-state index in [1.165, 1.54) is 173 Å². The number of hydrogen-bond donors (Lipinski definition) is 0. The second kappa shape index (κ2) is 59.2. The van der Waals surface area contributed by atoms with E-state index in [1.807, 2.05) is 6.08 Å². The number of ether oxygens (including phenoxy) is 3. The predicted octanol–water partition coefficient (Wildman–Crippen LogP) is 20.3. The maximum absolute atomic E-state index is 12.8. The first-order chi connectivity index (χ1) is 35.0. The molecule has 0 aromatic carbocycles. The largest absolute Gasteiger partial charge is 0.462 e. The van der Waals surface area contributed by atoms with Crippen molar-refractivity contribution in [1.82, 2.24) is 0 Å². The van der Waals surface area contributed by atoms with Crippen LogP contribution in [-0.2, 0) is 28.6 Å². The first-order valence-electron chi connectivity index (χ1n) is 30.1. The van der Waals surface area contributed by atoms with E-state index >= 15 is 0 Å². The fraction of sp³-hybridized carbons (Fsp3) is 0.738. The second-order valence-corrected chi connectivity index (χ2v) is 19.9. The van der Waals surface area contributed by atoms with Crippen LogP contribution >= 0.6 is 0 Å². The molecule has 0 aromatic rings. The standard InChI is InChI=1S/C65H112O6/c1-4-7-10-13-16-19-22-25-28-29-30-31-32-33-34-35-38-40-43-46-49-52-55-58-64(67)70-61-62(71-65(68)59-56-53-50-47-44-41-37-27-24-21-18-15-12-9-6-3)60-69-63(66)57-54-51-48-45-42-39-36-26-23-20-17-14-11-8-5-2/h9,12,18,21-22,25,27,29-30,37,44,47,53,56,62H,4-8,10-11,13-17,19-20,23-24,26,28,31-36,38-43,45-46,48-52,54-55,57-61H2,1-3H3/b12-9-,21-18-,25-22-,30-29-,37-27-,47-44-,56-53-. The van der Waals surface area contributed by atoms with Gasteiger partial charge >= 0.3 is 17.9 Å². The topological polar surface area (TPSA) is 78.9 Å². The Morgan fingerprint density at radius 1 is 0.310 bits per heavy atom. The zero-order valence-corrected chi connectivity index (χ0v) is 46.7. The van der Waals surface area contributed by atoms with Gasteiger partial charge in [0.1, 0.15) is 13.2 Å². The SMILES string of the molecule is CC/C=C\C/C=C\C/C=C\C/C=C\C/C=C\CC(=O)OC(COC(=O)CCCCCCCCCCCCC/C=C\C/C=C\CCCCCCC)COC(=O)CCCCCCCCCCCCCCCCC. The number of carbonyl (C=O) groups excluding carboxylic acids is 3. The van der Waals surface area contributed by atoms with Crippen molar-refractivity contribution in [3.05, 3.63) is 85.1 Å². The predicted molar refractivity (Wildman–Crippen MR) is 307 cm³/mol. The summed E-state index contributed by atoms with van der Waals surface area (Å²) >= 11 is 0. The van der Waals surface area contributed by atoms with Crippen molar-refractivity contribution >= 4 is 17.9 Å².